The smallest absolute Gasteiger partial charge is 0.191 e. The van der Waals surface area contributed by atoms with E-state index in [1.165, 1.54) is 11.3 Å². The number of aryl methyl sites for hydroxylation is 2. The minimum Gasteiger partial charge on any atom is -0.355 e. The highest BCUT2D eigenvalue weighted by atomic mass is 127. The normalized spacial score (nSPS) is 12.0. The number of nitrogens with one attached hydrogen (secondary N) is 3. The van der Waals surface area contributed by atoms with Crippen LogP contribution in [0.5, 0.6) is 0 Å². The molecule has 1 aromatic rings. The highest BCUT2D eigenvalue weighted by molar-refractivity contribution is 14.0. The van der Waals surface area contributed by atoms with Gasteiger partial charge in [-0.3, -0.25) is 9.67 Å². The molecule has 0 saturated carbocycles. The first-order valence-electron chi connectivity index (χ1n) is 7.43. The van der Waals surface area contributed by atoms with Crippen LogP contribution in [0.4, 0.5) is 0 Å². The molecule has 7 heteroatoms. The third-order valence-electron chi connectivity index (χ3n) is 3.39. The van der Waals surface area contributed by atoms with Gasteiger partial charge in [0.15, 0.2) is 5.96 Å². The van der Waals surface area contributed by atoms with E-state index in [9.17, 15) is 0 Å². The molecular weight excluding hydrogens is 391 g/mol. The molecule has 1 heterocycles. The molecule has 0 saturated heterocycles. The largest absolute Gasteiger partial charge is 0.355 e. The Hall–Kier alpha value is -0.830. The molecule has 0 atom stereocenters. The Labute approximate surface area is 151 Å². The Morgan fingerprint density at radius 2 is 1.82 bits per heavy atom. The Kier molecular flexibility index (Phi) is 8.99. The van der Waals surface area contributed by atoms with E-state index in [1.54, 1.807) is 7.05 Å². The van der Waals surface area contributed by atoms with Crippen LogP contribution in [0, 0.1) is 13.8 Å². The van der Waals surface area contributed by atoms with Gasteiger partial charge in [-0.25, -0.2) is 0 Å². The molecule has 3 N–H and O–H groups in total. The van der Waals surface area contributed by atoms with Crippen molar-refractivity contribution in [3.05, 3.63) is 17.0 Å². The van der Waals surface area contributed by atoms with Crippen molar-refractivity contribution in [2.75, 3.05) is 20.1 Å². The van der Waals surface area contributed by atoms with Crippen LogP contribution >= 0.6 is 24.0 Å². The van der Waals surface area contributed by atoms with Crippen LogP contribution in [0.25, 0.3) is 0 Å². The number of rotatable bonds is 5. The fourth-order valence-corrected chi connectivity index (χ4v) is 2.08. The second-order valence-corrected chi connectivity index (χ2v) is 6.30. The third kappa shape index (κ3) is 6.95. The van der Waals surface area contributed by atoms with E-state index in [1.807, 2.05) is 18.7 Å². The quantitative estimate of drug-likeness (QED) is 0.293. The van der Waals surface area contributed by atoms with Gasteiger partial charge in [0.1, 0.15) is 0 Å². The fraction of sp³-hybridized carbons (Fsp3) is 0.733. The first-order chi connectivity index (χ1) is 9.74. The van der Waals surface area contributed by atoms with Crippen LogP contribution in [-0.4, -0.2) is 41.4 Å². The topological polar surface area (TPSA) is 66.3 Å². The molecule has 0 bridgehead atoms. The summed E-state index contributed by atoms with van der Waals surface area (Å²) in [4.78, 5) is 4.24. The molecular formula is C15H31IN6. The summed E-state index contributed by atoms with van der Waals surface area (Å²) in [5, 5.41) is 14.5. The lowest BCUT2D eigenvalue weighted by Gasteiger charge is -2.21. The molecule has 0 aliphatic heterocycles. The summed E-state index contributed by atoms with van der Waals surface area (Å²) in [6.45, 7) is 13.1. The average Bonchev–Trinajstić information content (AvgIpc) is 2.62. The minimum atomic E-state index is 0. The third-order valence-corrected chi connectivity index (χ3v) is 3.39. The summed E-state index contributed by atoms with van der Waals surface area (Å²) < 4.78 is 1.91. The maximum Gasteiger partial charge on any atom is 0.191 e. The second-order valence-electron chi connectivity index (χ2n) is 6.30. The van der Waals surface area contributed by atoms with E-state index < -0.39 is 0 Å². The first kappa shape index (κ1) is 21.2. The van der Waals surface area contributed by atoms with Gasteiger partial charge in [-0.15, -0.1) is 24.0 Å². The standard InChI is InChI=1S/C15H30N6.HI/c1-11-13(12(2)21(7)20-11)10-18-14(16-6)17-8-9-19-15(3,4)5;/h19H,8-10H2,1-7H3,(H2,16,17,18);1H. The van der Waals surface area contributed by atoms with Crippen LogP contribution in [0.1, 0.15) is 37.7 Å². The predicted octanol–water partition coefficient (Wildman–Crippen LogP) is 1.71. The molecule has 128 valence electrons. The molecule has 0 aromatic carbocycles. The lowest BCUT2D eigenvalue weighted by molar-refractivity contribution is 0.428. The summed E-state index contributed by atoms with van der Waals surface area (Å²) in [5.74, 6) is 0.813. The van der Waals surface area contributed by atoms with Gasteiger partial charge in [-0.1, -0.05) is 0 Å². The van der Waals surface area contributed by atoms with Crippen LogP contribution in [-0.2, 0) is 13.6 Å². The Morgan fingerprint density at radius 3 is 2.27 bits per heavy atom. The number of halogens is 1. The molecule has 0 amide bonds. The minimum absolute atomic E-state index is 0. The molecule has 0 radical (unpaired) electrons. The van der Waals surface area contributed by atoms with Crippen LogP contribution in [0.2, 0.25) is 0 Å². The van der Waals surface area contributed by atoms with Gasteiger partial charge in [-0.05, 0) is 34.6 Å². The van der Waals surface area contributed by atoms with E-state index in [0.29, 0.717) is 0 Å². The number of guanidine groups is 1. The first-order valence-corrected chi connectivity index (χ1v) is 7.43. The fourth-order valence-electron chi connectivity index (χ4n) is 2.08. The SMILES string of the molecule is CN=C(NCCNC(C)(C)C)NCc1c(C)nn(C)c1C.I. The zero-order valence-corrected chi connectivity index (χ0v) is 17.2. The van der Waals surface area contributed by atoms with Gasteiger partial charge in [0.25, 0.3) is 0 Å². The number of hydrogen-bond donors (Lipinski definition) is 3. The van der Waals surface area contributed by atoms with Crippen molar-refractivity contribution in [2.45, 2.75) is 46.7 Å². The summed E-state index contributed by atoms with van der Waals surface area (Å²) in [7, 11) is 3.76. The maximum absolute atomic E-state index is 4.42. The number of nitrogens with zero attached hydrogens (tertiary/aromatic N) is 3. The molecule has 1 rings (SSSR count). The molecule has 0 unspecified atom stereocenters. The van der Waals surface area contributed by atoms with Crippen molar-refractivity contribution >= 4 is 29.9 Å². The lowest BCUT2D eigenvalue weighted by atomic mass is 10.1. The maximum atomic E-state index is 4.42. The molecule has 0 aliphatic rings. The zero-order chi connectivity index (χ0) is 16.0. The second kappa shape index (κ2) is 9.34. The number of aromatic nitrogens is 2. The number of hydrogen-bond acceptors (Lipinski definition) is 3. The van der Waals surface area contributed by atoms with Gasteiger partial charge in [-0.2, -0.15) is 5.10 Å². The van der Waals surface area contributed by atoms with E-state index in [4.69, 9.17) is 0 Å². The van der Waals surface area contributed by atoms with Gasteiger partial charge in [0.2, 0.25) is 0 Å². The molecule has 1 aromatic heterocycles. The van der Waals surface area contributed by atoms with Gasteiger partial charge < -0.3 is 16.0 Å². The van der Waals surface area contributed by atoms with Crippen molar-refractivity contribution < 1.29 is 0 Å². The lowest BCUT2D eigenvalue weighted by Crippen LogP contribution is -2.44. The van der Waals surface area contributed by atoms with E-state index in [-0.39, 0.29) is 29.5 Å². The van der Waals surface area contributed by atoms with Crippen molar-refractivity contribution in [3.8, 4) is 0 Å². The van der Waals surface area contributed by atoms with Crippen molar-refractivity contribution in [2.24, 2.45) is 12.0 Å². The zero-order valence-electron chi connectivity index (χ0n) is 14.9. The van der Waals surface area contributed by atoms with Crippen molar-refractivity contribution in [1.82, 2.24) is 25.7 Å². The Morgan fingerprint density at radius 1 is 1.18 bits per heavy atom. The molecule has 0 aliphatic carbocycles. The Bertz CT molecular complexity index is 487. The van der Waals surface area contributed by atoms with Gasteiger partial charge >= 0.3 is 0 Å². The summed E-state index contributed by atoms with van der Waals surface area (Å²) in [6.07, 6.45) is 0. The van der Waals surface area contributed by atoms with Crippen molar-refractivity contribution in [3.63, 3.8) is 0 Å². The highest BCUT2D eigenvalue weighted by Crippen LogP contribution is 2.10. The van der Waals surface area contributed by atoms with Crippen LogP contribution in [0.15, 0.2) is 4.99 Å². The van der Waals surface area contributed by atoms with Crippen molar-refractivity contribution in [1.29, 1.82) is 0 Å². The van der Waals surface area contributed by atoms with E-state index >= 15 is 0 Å². The monoisotopic (exact) mass is 422 g/mol. The van der Waals surface area contributed by atoms with E-state index in [2.05, 4.69) is 53.7 Å². The molecule has 0 fully saturated rings. The highest BCUT2D eigenvalue weighted by Gasteiger charge is 2.10. The summed E-state index contributed by atoms with van der Waals surface area (Å²) in [6, 6.07) is 0. The predicted molar refractivity (Wildman–Crippen MR) is 104 cm³/mol. The summed E-state index contributed by atoms with van der Waals surface area (Å²) >= 11 is 0. The van der Waals surface area contributed by atoms with Crippen LogP contribution in [0.3, 0.4) is 0 Å². The average molecular weight is 422 g/mol. The summed E-state index contributed by atoms with van der Waals surface area (Å²) in [5.41, 5.74) is 3.62. The van der Waals surface area contributed by atoms with Gasteiger partial charge in [0.05, 0.1) is 5.69 Å². The molecule has 6 nitrogen and oxygen atoms in total. The van der Waals surface area contributed by atoms with Crippen LogP contribution < -0.4 is 16.0 Å². The van der Waals surface area contributed by atoms with Gasteiger partial charge in [0, 0.05) is 50.5 Å². The molecule has 0 spiro atoms. The Balaban J connectivity index is 0.00000441. The van der Waals surface area contributed by atoms with E-state index in [0.717, 1.165) is 31.3 Å². The molecule has 22 heavy (non-hydrogen) atoms. The number of aliphatic imine (C=N–C) groups is 1.